The normalized spacial score (nSPS) is 12.9. The molecule has 8 heteroatoms. The zero-order valence-electron chi connectivity index (χ0n) is 18.8. The van der Waals surface area contributed by atoms with Crippen molar-refractivity contribution >= 4 is 17.6 Å². The van der Waals surface area contributed by atoms with Crippen LogP contribution in [0, 0.1) is 0 Å². The van der Waals surface area contributed by atoms with E-state index in [1.54, 1.807) is 36.4 Å². The van der Waals surface area contributed by atoms with E-state index in [2.05, 4.69) is 15.7 Å². The van der Waals surface area contributed by atoms with Crippen molar-refractivity contribution in [1.29, 1.82) is 0 Å². The summed E-state index contributed by atoms with van der Waals surface area (Å²) in [7, 11) is 0. The van der Waals surface area contributed by atoms with E-state index in [0.717, 1.165) is 25.0 Å². The van der Waals surface area contributed by atoms with Gasteiger partial charge >= 0.3 is 6.03 Å². The highest BCUT2D eigenvalue weighted by atomic mass is 16.5. The zero-order valence-corrected chi connectivity index (χ0v) is 18.8. The Labute approximate surface area is 192 Å². The summed E-state index contributed by atoms with van der Waals surface area (Å²) in [5.74, 6) is 0.691. The lowest BCUT2D eigenvalue weighted by molar-refractivity contribution is 0.102. The second-order valence-corrected chi connectivity index (χ2v) is 8.02. The molecule has 1 heterocycles. The molecule has 0 spiro atoms. The van der Waals surface area contributed by atoms with Crippen molar-refractivity contribution in [2.24, 2.45) is 0 Å². The first-order chi connectivity index (χ1) is 16.0. The minimum atomic E-state index is -0.293. The second kappa shape index (κ2) is 9.77. The van der Waals surface area contributed by atoms with Gasteiger partial charge in [-0.3, -0.25) is 4.79 Å². The van der Waals surface area contributed by atoms with Crippen molar-refractivity contribution in [3.63, 3.8) is 0 Å². The van der Waals surface area contributed by atoms with Crippen LogP contribution in [0.4, 0.5) is 10.5 Å². The molecule has 172 valence electrons. The standard InChI is InChI=1S/C25H28N4O4/c1-3-13-26-25(32)29-22(16-5-6-16)15-21(28-29)20-12-9-18(14-23(20)30)27-24(31)17-7-10-19(11-8-17)33-4-2/h7-12,14-16,30H,3-6,13H2,1-2H3,(H,26,32)(H,27,31). The quantitative estimate of drug-likeness (QED) is 0.461. The molecule has 0 radical (unpaired) electrons. The summed E-state index contributed by atoms with van der Waals surface area (Å²) in [6.07, 6.45) is 2.88. The lowest BCUT2D eigenvalue weighted by Gasteiger charge is -2.09. The molecule has 1 saturated carbocycles. The number of aromatic hydroxyl groups is 1. The van der Waals surface area contributed by atoms with Gasteiger partial charge < -0.3 is 20.5 Å². The molecule has 8 nitrogen and oxygen atoms in total. The van der Waals surface area contributed by atoms with E-state index in [9.17, 15) is 14.7 Å². The number of benzene rings is 2. The Morgan fingerprint density at radius 2 is 1.88 bits per heavy atom. The van der Waals surface area contributed by atoms with Crippen molar-refractivity contribution in [2.75, 3.05) is 18.5 Å². The topological polar surface area (TPSA) is 105 Å². The van der Waals surface area contributed by atoms with Crippen molar-refractivity contribution < 1.29 is 19.4 Å². The molecule has 0 bridgehead atoms. The first-order valence-electron chi connectivity index (χ1n) is 11.3. The first kappa shape index (κ1) is 22.4. The second-order valence-electron chi connectivity index (χ2n) is 8.02. The Hall–Kier alpha value is -3.81. The number of amides is 2. The number of carbonyl (C=O) groups excluding carboxylic acids is 2. The van der Waals surface area contributed by atoms with Crippen molar-refractivity contribution in [3.8, 4) is 22.8 Å². The van der Waals surface area contributed by atoms with Crippen LogP contribution in [0.2, 0.25) is 0 Å². The number of anilines is 1. The van der Waals surface area contributed by atoms with Gasteiger partial charge in [-0.1, -0.05) is 6.92 Å². The summed E-state index contributed by atoms with van der Waals surface area (Å²) >= 11 is 0. The zero-order chi connectivity index (χ0) is 23.4. The summed E-state index contributed by atoms with van der Waals surface area (Å²) in [6, 6.07) is 13.3. The van der Waals surface area contributed by atoms with Crippen LogP contribution in [-0.4, -0.2) is 40.0 Å². The average Bonchev–Trinajstić information content (AvgIpc) is 3.56. The van der Waals surface area contributed by atoms with E-state index in [4.69, 9.17) is 4.74 Å². The highest BCUT2D eigenvalue weighted by Gasteiger charge is 2.30. The smallest absolute Gasteiger partial charge is 0.342 e. The number of carbonyl (C=O) groups is 2. The van der Waals surface area contributed by atoms with E-state index < -0.39 is 0 Å². The third-order valence-electron chi connectivity index (χ3n) is 5.41. The fourth-order valence-electron chi connectivity index (χ4n) is 3.57. The van der Waals surface area contributed by atoms with Crippen LogP contribution in [0.15, 0.2) is 48.5 Å². The van der Waals surface area contributed by atoms with Gasteiger partial charge in [0.05, 0.1) is 18.0 Å². The van der Waals surface area contributed by atoms with Crippen molar-refractivity contribution in [2.45, 2.75) is 39.0 Å². The average molecular weight is 449 g/mol. The number of nitrogens with one attached hydrogen (secondary N) is 2. The Morgan fingerprint density at radius 3 is 2.52 bits per heavy atom. The van der Waals surface area contributed by atoms with Gasteiger partial charge in [0.25, 0.3) is 5.91 Å². The molecular formula is C25H28N4O4. The van der Waals surface area contributed by atoms with Gasteiger partial charge in [-0.15, -0.1) is 0 Å². The lowest BCUT2D eigenvalue weighted by Crippen LogP contribution is -2.31. The highest BCUT2D eigenvalue weighted by Crippen LogP contribution is 2.42. The molecule has 0 aliphatic heterocycles. The lowest BCUT2D eigenvalue weighted by atomic mass is 10.1. The van der Waals surface area contributed by atoms with Crippen LogP contribution in [0.5, 0.6) is 11.5 Å². The third kappa shape index (κ3) is 5.16. The Bertz CT molecular complexity index is 1150. The van der Waals surface area contributed by atoms with Crippen LogP contribution in [0.1, 0.15) is 55.1 Å². The van der Waals surface area contributed by atoms with Crippen molar-refractivity contribution in [3.05, 3.63) is 59.8 Å². The van der Waals surface area contributed by atoms with Crippen LogP contribution < -0.4 is 15.4 Å². The fourth-order valence-corrected chi connectivity index (χ4v) is 3.57. The number of ether oxygens (including phenoxy) is 1. The number of hydrogen-bond donors (Lipinski definition) is 3. The number of rotatable bonds is 8. The molecule has 1 fully saturated rings. The van der Waals surface area contributed by atoms with Gasteiger partial charge in [-0.2, -0.15) is 9.78 Å². The molecule has 1 aromatic heterocycles. The number of phenols is 1. The molecule has 3 N–H and O–H groups in total. The monoisotopic (exact) mass is 448 g/mol. The minimum Gasteiger partial charge on any atom is -0.507 e. The van der Waals surface area contributed by atoms with E-state index in [-0.39, 0.29) is 17.7 Å². The third-order valence-corrected chi connectivity index (χ3v) is 5.41. The maximum Gasteiger partial charge on any atom is 0.342 e. The van der Waals surface area contributed by atoms with E-state index in [0.29, 0.717) is 47.3 Å². The van der Waals surface area contributed by atoms with Gasteiger partial charge in [0, 0.05) is 35.3 Å². The van der Waals surface area contributed by atoms with Crippen LogP contribution in [-0.2, 0) is 0 Å². The summed E-state index contributed by atoms with van der Waals surface area (Å²) in [4.78, 5) is 25.1. The largest absolute Gasteiger partial charge is 0.507 e. The highest BCUT2D eigenvalue weighted by molar-refractivity contribution is 6.04. The van der Waals surface area contributed by atoms with Gasteiger partial charge in [0.1, 0.15) is 11.5 Å². The molecule has 4 rings (SSSR count). The first-order valence-corrected chi connectivity index (χ1v) is 11.3. The summed E-state index contributed by atoms with van der Waals surface area (Å²) < 4.78 is 6.80. The van der Waals surface area contributed by atoms with E-state index in [1.165, 1.54) is 10.7 Å². The summed E-state index contributed by atoms with van der Waals surface area (Å²) in [5.41, 5.74) is 2.81. The minimum absolute atomic E-state index is 0.0274. The van der Waals surface area contributed by atoms with E-state index >= 15 is 0 Å². The molecule has 0 saturated heterocycles. The molecule has 2 amide bonds. The number of aromatic nitrogens is 2. The van der Waals surface area contributed by atoms with Crippen molar-refractivity contribution in [1.82, 2.24) is 15.1 Å². The molecule has 3 aromatic rings. The Balaban J connectivity index is 1.51. The number of nitrogens with zero attached hydrogens (tertiary/aromatic N) is 2. The fraction of sp³-hybridized carbons (Fsp3) is 0.320. The van der Waals surface area contributed by atoms with Gasteiger partial charge in [0.15, 0.2) is 0 Å². The van der Waals surface area contributed by atoms with Gasteiger partial charge in [-0.25, -0.2) is 4.79 Å². The molecular weight excluding hydrogens is 420 g/mol. The predicted octanol–water partition coefficient (Wildman–Crippen LogP) is 4.75. The van der Waals surface area contributed by atoms with Crippen LogP contribution in [0.25, 0.3) is 11.3 Å². The molecule has 0 atom stereocenters. The molecule has 0 unspecified atom stereocenters. The molecule has 33 heavy (non-hydrogen) atoms. The molecule has 1 aliphatic rings. The molecule has 2 aromatic carbocycles. The SMILES string of the molecule is CCCNC(=O)n1nc(-c2ccc(NC(=O)c3ccc(OCC)cc3)cc2O)cc1C1CC1. The maximum absolute atomic E-state index is 12.5. The Kier molecular flexibility index (Phi) is 6.63. The van der Waals surface area contributed by atoms with E-state index in [1.807, 2.05) is 19.9 Å². The number of phenolic OH excluding ortho intramolecular Hbond substituents is 1. The maximum atomic E-state index is 12.5. The van der Waals surface area contributed by atoms with Gasteiger partial charge in [0.2, 0.25) is 0 Å². The Morgan fingerprint density at radius 1 is 1.12 bits per heavy atom. The number of hydrogen-bond acceptors (Lipinski definition) is 5. The summed E-state index contributed by atoms with van der Waals surface area (Å²) in [6.45, 7) is 5.02. The predicted molar refractivity (Wildman–Crippen MR) is 126 cm³/mol. The summed E-state index contributed by atoms with van der Waals surface area (Å²) in [5, 5.41) is 20.7. The van der Waals surface area contributed by atoms with Crippen LogP contribution in [0.3, 0.4) is 0 Å². The van der Waals surface area contributed by atoms with Gasteiger partial charge in [-0.05, 0) is 68.7 Å². The van der Waals surface area contributed by atoms with Crippen LogP contribution >= 0.6 is 0 Å². The molecule has 1 aliphatic carbocycles.